The lowest BCUT2D eigenvalue weighted by molar-refractivity contribution is -0.161. The molecule has 1 fully saturated rings. The molecular formula is C21H25N3OS. The molecule has 1 aromatic heterocycles. The summed E-state index contributed by atoms with van der Waals surface area (Å²) in [5, 5.41) is 4.51. The van der Waals surface area contributed by atoms with Crippen molar-refractivity contribution in [2.24, 2.45) is 0 Å². The number of hydrogen-bond acceptors (Lipinski definition) is 5. The molecule has 1 aromatic carbocycles. The second-order valence-corrected chi connectivity index (χ2v) is 8.65. The summed E-state index contributed by atoms with van der Waals surface area (Å²) in [5.41, 5.74) is 5.88. The molecule has 0 unspecified atom stereocenters. The Balaban J connectivity index is 1.52. The molecule has 1 N–H and O–H groups in total. The van der Waals surface area contributed by atoms with E-state index in [4.69, 9.17) is 4.74 Å². The first-order chi connectivity index (χ1) is 12.7. The minimum Gasteiger partial charge on any atom is -0.470 e. The van der Waals surface area contributed by atoms with Crippen molar-refractivity contribution < 1.29 is 4.74 Å². The molecule has 0 amide bonds. The van der Waals surface area contributed by atoms with Crippen LogP contribution in [0.3, 0.4) is 0 Å². The van der Waals surface area contributed by atoms with Crippen molar-refractivity contribution in [2.45, 2.75) is 44.5 Å². The quantitative estimate of drug-likeness (QED) is 0.859. The molecule has 1 atom stereocenters. The molecule has 0 saturated carbocycles. The number of fused-ring (bicyclic) bond motifs is 4. The van der Waals surface area contributed by atoms with Crippen LogP contribution in [-0.2, 0) is 0 Å². The molecule has 2 aromatic rings. The van der Waals surface area contributed by atoms with E-state index in [0.717, 1.165) is 31.7 Å². The third-order valence-electron chi connectivity index (χ3n) is 5.92. The number of likely N-dealkylation sites (tertiary alicyclic amines) is 1. The Bertz CT molecular complexity index is 822. The highest BCUT2D eigenvalue weighted by molar-refractivity contribution is 7.11. The number of ether oxygens (including phenoxy) is 1. The molecule has 0 aliphatic carbocycles. The molecule has 4 heterocycles. The van der Waals surface area contributed by atoms with Crippen molar-refractivity contribution >= 4 is 17.0 Å². The number of nitrogens with zero attached hydrogens (tertiary/aromatic N) is 2. The number of rotatable bonds is 2. The number of para-hydroxylation sites is 1. The van der Waals surface area contributed by atoms with Gasteiger partial charge in [0.1, 0.15) is 5.75 Å². The van der Waals surface area contributed by atoms with Crippen LogP contribution in [0.1, 0.15) is 43.2 Å². The predicted octanol–water partition coefficient (Wildman–Crippen LogP) is 4.24. The monoisotopic (exact) mass is 367 g/mol. The fourth-order valence-electron chi connectivity index (χ4n) is 4.43. The van der Waals surface area contributed by atoms with Crippen molar-refractivity contribution in [3.05, 3.63) is 58.3 Å². The number of piperidine rings is 1. The summed E-state index contributed by atoms with van der Waals surface area (Å²) in [6.45, 7) is 6.70. The number of nitrogens with one attached hydrogen (secondary N) is 1. The highest BCUT2D eigenvalue weighted by Crippen LogP contribution is 2.48. The molecule has 1 spiro atoms. The Morgan fingerprint density at radius 1 is 1.15 bits per heavy atom. The molecule has 0 bridgehead atoms. The van der Waals surface area contributed by atoms with Crippen LogP contribution in [0.4, 0.5) is 0 Å². The molecule has 5 heteroatoms. The highest BCUT2D eigenvalue weighted by Gasteiger charge is 2.51. The molecule has 0 radical (unpaired) electrons. The Hall–Kier alpha value is -1.82. The van der Waals surface area contributed by atoms with Crippen molar-refractivity contribution in [2.75, 3.05) is 13.1 Å². The lowest BCUT2D eigenvalue weighted by Crippen LogP contribution is -2.64. The van der Waals surface area contributed by atoms with Gasteiger partial charge in [0.15, 0.2) is 5.72 Å². The molecule has 3 aliphatic rings. The maximum absolute atomic E-state index is 6.67. The molecule has 26 heavy (non-hydrogen) atoms. The average Bonchev–Trinajstić information content (AvgIpc) is 3.32. The summed E-state index contributed by atoms with van der Waals surface area (Å²) in [5.74, 6) is 1.04. The largest absolute Gasteiger partial charge is 0.470 e. The van der Waals surface area contributed by atoms with Crippen LogP contribution in [0.25, 0.3) is 5.70 Å². The normalized spacial score (nSPS) is 24.7. The van der Waals surface area contributed by atoms with Gasteiger partial charge >= 0.3 is 0 Å². The van der Waals surface area contributed by atoms with E-state index in [2.05, 4.69) is 77.0 Å². The molecule has 3 aliphatic heterocycles. The third kappa shape index (κ3) is 2.49. The SMILES string of the molecule is CC(C)N1CCC2(CC1)Oc1ccccc1[C@@H]1C=C(c3cccs3)NN12. The van der Waals surface area contributed by atoms with Gasteiger partial charge in [-0.2, -0.15) is 5.01 Å². The van der Waals surface area contributed by atoms with Gasteiger partial charge in [-0.1, -0.05) is 24.3 Å². The van der Waals surface area contributed by atoms with Gasteiger partial charge in [-0.3, -0.25) is 0 Å². The minimum absolute atomic E-state index is 0.225. The zero-order chi connectivity index (χ0) is 17.7. The second kappa shape index (κ2) is 6.12. The maximum Gasteiger partial charge on any atom is 0.182 e. The summed E-state index contributed by atoms with van der Waals surface area (Å²) in [6, 6.07) is 13.6. The first-order valence-corrected chi connectivity index (χ1v) is 10.4. The molecule has 5 rings (SSSR count). The maximum atomic E-state index is 6.67. The van der Waals surface area contributed by atoms with Gasteiger partial charge in [-0.15, -0.1) is 11.3 Å². The fraction of sp³-hybridized carbons (Fsp3) is 0.429. The van der Waals surface area contributed by atoms with Crippen molar-refractivity contribution in [1.29, 1.82) is 0 Å². The van der Waals surface area contributed by atoms with Crippen LogP contribution in [0.5, 0.6) is 5.75 Å². The summed E-state index contributed by atoms with van der Waals surface area (Å²) in [7, 11) is 0. The first-order valence-electron chi connectivity index (χ1n) is 9.50. The zero-order valence-corrected chi connectivity index (χ0v) is 16.1. The number of benzene rings is 1. The van der Waals surface area contributed by atoms with Crippen molar-refractivity contribution in [1.82, 2.24) is 15.3 Å². The van der Waals surface area contributed by atoms with E-state index in [-0.39, 0.29) is 11.8 Å². The van der Waals surface area contributed by atoms with Gasteiger partial charge in [0.2, 0.25) is 0 Å². The Morgan fingerprint density at radius 2 is 1.96 bits per heavy atom. The van der Waals surface area contributed by atoms with E-state index < -0.39 is 0 Å². The van der Waals surface area contributed by atoms with E-state index in [9.17, 15) is 0 Å². The number of hydrazine groups is 1. The first kappa shape index (κ1) is 16.4. The van der Waals surface area contributed by atoms with Crippen LogP contribution in [0.2, 0.25) is 0 Å². The van der Waals surface area contributed by atoms with Crippen molar-refractivity contribution in [3.8, 4) is 5.75 Å². The van der Waals surface area contributed by atoms with E-state index in [1.54, 1.807) is 11.3 Å². The van der Waals surface area contributed by atoms with Gasteiger partial charge in [0.05, 0.1) is 16.6 Å². The molecule has 136 valence electrons. The number of thiophene rings is 1. The topological polar surface area (TPSA) is 27.7 Å². The van der Waals surface area contributed by atoms with Gasteiger partial charge in [0.25, 0.3) is 0 Å². The van der Waals surface area contributed by atoms with Gasteiger partial charge in [-0.25, -0.2) is 0 Å². The molecule has 4 nitrogen and oxygen atoms in total. The van der Waals surface area contributed by atoms with E-state index in [1.165, 1.54) is 16.1 Å². The minimum atomic E-state index is -0.278. The summed E-state index contributed by atoms with van der Waals surface area (Å²) >= 11 is 1.78. The number of hydrogen-bond donors (Lipinski definition) is 1. The fourth-order valence-corrected chi connectivity index (χ4v) is 5.13. The Kier molecular flexibility index (Phi) is 3.85. The predicted molar refractivity (Wildman–Crippen MR) is 106 cm³/mol. The van der Waals surface area contributed by atoms with Crippen LogP contribution >= 0.6 is 11.3 Å². The molecule has 1 saturated heterocycles. The summed E-state index contributed by atoms with van der Waals surface area (Å²) < 4.78 is 6.67. The lowest BCUT2D eigenvalue weighted by atomic mass is 9.92. The molecular weight excluding hydrogens is 342 g/mol. The summed E-state index contributed by atoms with van der Waals surface area (Å²) in [6.07, 6.45) is 4.38. The highest BCUT2D eigenvalue weighted by atomic mass is 32.1. The van der Waals surface area contributed by atoms with Crippen LogP contribution in [-0.4, -0.2) is 34.8 Å². The van der Waals surface area contributed by atoms with Gasteiger partial charge in [-0.05, 0) is 37.4 Å². The van der Waals surface area contributed by atoms with Crippen LogP contribution in [0.15, 0.2) is 47.9 Å². The van der Waals surface area contributed by atoms with Gasteiger partial charge in [0, 0.05) is 37.5 Å². The third-order valence-corrected chi connectivity index (χ3v) is 6.82. The van der Waals surface area contributed by atoms with E-state index in [1.807, 2.05) is 0 Å². The van der Waals surface area contributed by atoms with Crippen LogP contribution in [0, 0.1) is 0 Å². The summed E-state index contributed by atoms with van der Waals surface area (Å²) in [4.78, 5) is 3.83. The smallest absolute Gasteiger partial charge is 0.182 e. The Morgan fingerprint density at radius 3 is 2.69 bits per heavy atom. The second-order valence-electron chi connectivity index (χ2n) is 7.70. The van der Waals surface area contributed by atoms with E-state index in [0.29, 0.717) is 6.04 Å². The van der Waals surface area contributed by atoms with Crippen LogP contribution < -0.4 is 10.2 Å². The van der Waals surface area contributed by atoms with Gasteiger partial charge < -0.3 is 15.1 Å². The van der Waals surface area contributed by atoms with E-state index >= 15 is 0 Å². The van der Waals surface area contributed by atoms with Crippen molar-refractivity contribution in [3.63, 3.8) is 0 Å². The standard InChI is InChI=1S/C21H25N3OS/c1-15(2)23-11-9-21(10-12-23)24-18(16-6-3-4-7-19(16)25-21)14-17(22-24)20-8-5-13-26-20/h3-8,13-15,18,22H,9-12H2,1-2H3/t18-/m0/s1. The Labute approximate surface area is 159 Å². The average molecular weight is 368 g/mol. The zero-order valence-electron chi connectivity index (χ0n) is 15.3. The lowest BCUT2D eigenvalue weighted by Gasteiger charge is -2.52.